The summed E-state index contributed by atoms with van der Waals surface area (Å²) in [6, 6.07) is -0.920. The highest BCUT2D eigenvalue weighted by atomic mass is 16.3. The van der Waals surface area contributed by atoms with Gasteiger partial charge >= 0.3 is 0 Å². The lowest BCUT2D eigenvalue weighted by Crippen LogP contribution is -2.52. The van der Waals surface area contributed by atoms with E-state index in [-0.39, 0.29) is 17.6 Å². The molecule has 1 saturated heterocycles. The summed E-state index contributed by atoms with van der Waals surface area (Å²) < 4.78 is 0. The maximum Gasteiger partial charge on any atom is 0.241 e. The first-order valence-corrected chi connectivity index (χ1v) is 9.81. The molecule has 1 heterocycles. The zero-order valence-electron chi connectivity index (χ0n) is 16.4. The molecule has 5 heteroatoms. The Bertz CT molecular complexity index is 654. The van der Waals surface area contributed by atoms with Crippen LogP contribution < -0.4 is 0 Å². The lowest BCUT2D eigenvalue weighted by Gasteiger charge is -2.50. The molecular formula is C21H31NO4. The number of ketones is 2. The van der Waals surface area contributed by atoms with Gasteiger partial charge in [0.25, 0.3) is 0 Å². The molecule has 8 atom stereocenters. The third-order valence-electron chi connectivity index (χ3n) is 7.36. The molecule has 144 valence electrons. The fraction of sp³-hybridized carbons (Fsp3) is 0.762. The molecule has 3 rings (SSSR count). The van der Waals surface area contributed by atoms with Crippen molar-refractivity contribution in [3.05, 3.63) is 12.2 Å². The first kappa shape index (κ1) is 19.3. The van der Waals surface area contributed by atoms with Gasteiger partial charge in [-0.1, -0.05) is 39.3 Å². The van der Waals surface area contributed by atoms with Crippen LogP contribution in [0.4, 0.5) is 0 Å². The van der Waals surface area contributed by atoms with Gasteiger partial charge in [-0.15, -0.1) is 0 Å². The van der Waals surface area contributed by atoms with E-state index in [9.17, 15) is 19.5 Å². The number of Topliss-reactive ketones (excluding diaryl/α,β-unsaturated/α-hetero) is 2. The highest BCUT2D eigenvalue weighted by molar-refractivity contribution is 6.25. The van der Waals surface area contributed by atoms with Crippen molar-refractivity contribution >= 4 is 17.5 Å². The van der Waals surface area contributed by atoms with Crippen molar-refractivity contribution < 1.29 is 19.5 Å². The number of allylic oxidation sites excluding steroid dienone is 2. The van der Waals surface area contributed by atoms with E-state index < -0.39 is 35.2 Å². The van der Waals surface area contributed by atoms with E-state index in [1.807, 2.05) is 13.8 Å². The van der Waals surface area contributed by atoms with Gasteiger partial charge in [-0.3, -0.25) is 14.4 Å². The molecule has 2 aliphatic carbocycles. The molecule has 0 aromatic heterocycles. The van der Waals surface area contributed by atoms with E-state index in [0.29, 0.717) is 11.8 Å². The molecule has 0 aromatic carbocycles. The summed E-state index contributed by atoms with van der Waals surface area (Å²) in [4.78, 5) is 40.5. The van der Waals surface area contributed by atoms with Gasteiger partial charge < -0.3 is 10.0 Å². The zero-order valence-corrected chi connectivity index (χ0v) is 16.4. The van der Waals surface area contributed by atoms with E-state index >= 15 is 0 Å². The lowest BCUT2D eigenvalue weighted by molar-refractivity contribution is -0.148. The van der Waals surface area contributed by atoms with Crippen molar-refractivity contribution in [2.24, 2.45) is 35.0 Å². The second kappa shape index (κ2) is 6.59. The van der Waals surface area contributed by atoms with Crippen molar-refractivity contribution in [2.75, 3.05) is 7.05 Å². The zero-order chi connectivity index (χ0) is 19.4. The Morgan fingerprint density at radius 2 is 1.92 bits per heavy atom. The summed E-state index contributed by atoms with van der Waals surface area (Å²) in [5.41, 5.74) is -0.718. The third kappa shape index (κ3) is 2.67. The summed E-state index contributed by atoms with van der Waals surface area (Å²) in [7, 11) is 1.50. The van der Waals surface area contributed by atoms with Crippen molar-refractivity contribution in [1.29, 1.82) is 0 Å². The number of likely N-dealkylation sites (N-methyl/N-ethyl adjacent to an activating group) is 1. The van der Waals surface area contributed by atoms with E-state index in [0.717, 1.165) is 19.3 Å². The minimum atomic E-state index is -1.27. The van der Waals surface area contributed by atoms with E-state index in [1.165, 1.54) is 18.9 Å². The number of aliphatic hydroxyl groups is 1. The lowest BCUT2D eigenvalue weighted by atomic mass is 9.53. The van der Waals surface area contributed by atoms with Crippen LogP contribution in [-0.4, -0.2) is 46.7 Å². The number of fused-ring (bicyclic) bond motifs is 1. The fourth-order valence-electron chi connectivity index (χ4n) is 5.57. The predicted molar refractivity (Wildman–Crippen MR) is 98.1 cm³/mol. The Morgan fingerprint density at radius 3 is 2.50 bits per heavy atom. The van der Waals surface area contributed by atoms with E-state index in [4.69, 9.17) is 0 Å². The number of aliphatic hydroxyl groups excluding tert-OH is 1. The van der Waals surface area contributed by atoms with Crippen molar-refractivity contribution in [3.63, 3.8) is 0 Å². The van der Waals surface area contributed by atoms with Gasteiger partial charge in [-0.25, -0.2) is 0 Å². The summed E-state index contributed by atoms with van der Waals surface area (Å²) in [5.74, 6) is -1.29. The quantitative estimate of drug-likeness (QED) is 0.618. The van der Waals surface area contributed by atoms with Gasteiger partial charge in [0.2, 0.25) is 5.91 Å². The van der Waals surface area contributed by atoms with E-state index in [2.05, 4.69) is 19.1 Å². The van der Waals surface area contributed by atoms with Crippen LogP contribution in [0.1, 0.15) is 47.0 Å². The van der Waals surface area contributed by atoms with Gasteiger partial charge in [0.15, 0.2) is 17.5 Å². The average Bonchev–Trinajstić information content (AvgIpc) is 2.79. The second-order valence-corrected chi connectivity index (χ2v) is 8.98. The Morgan fingerprint density at radius 1 is 1.27 bits per heavy atom. The van der Waals surface area contributed by atoms with Crippen LogP contribution >= 0.6 is 0 Å². The van der Waals surface area contributed by atoms with Crippen LogP contribution in [-0.2, 0) is 14.4 Å². The molecule has 3 aliphatic rings. The number of carbonyl (C=O) groups is 3. The van der Waals surface area contributed by atoms with Gasteiger partial charge in [0.05, 0.1) is 6.10 Å². The topological polar surface area (TPSA) is 74.7 Å². The first-order valence-electron chi connectivity index (χ1n) is 9.81. The van der Waals surface area contributed by atoms with Crippen LogP contribution in [0.2, 0.25) is 0 Å². The Labute approximate surface area is 155 Å². The standard InChI is InChI=1S/C21H31NO4/c1-11-6-9-15-14(10-11)8-7-12(2)21(15,4)19(25)16-18(24)17(13(3)23)22(5)20(16)26/h7-8,11-17,23H,6,9-10H2,1-5H3/t11-,12-,13+,14-,15-,16?,17-,21-/m0/s1. The Kier molecular flexibility index (Phi) is 4.89. The van der Waals surface area contributed by atoms with Crippen LogP contribution in [0.15, 0.2) is 12.2 Å². The molecule has 0 bridgehead atoms. The summed E-state index contributed by atoms with van der Waals surface area (Å²) in [5, 5.41) is 9.92. The highest BCUT2D eigenvalue weighted by Crippen LogP contribution is 2.53. The van der Waals surface area contributed by atoms with Crippen molar-refractivity contribution in [3.8, 4) is 0 Å². The summed E-state index contributed by atoms with van der Waals surface area (Å²) in [6.07, 6.45) is 6.44. The van der Waals surface area contributed by atoms with Crippen molar-refractivity contribution in [1.82, 2.24) is 4.90 Å². The third-order valence-corrected chi connectivity index (χ3v) is 7.36. The average molecular weight is 361 g/mol. The van der Waals surface area contributed by atoms with Crippen LogP contribution in [0.25, 0.3) is 0 Å². The molecule has 2 fully saturated rings. The SMILES string of the molecule is C[C@H]1CC[C@H]2[C@@H](C=C[C@H](C)[C@]2(C)C(=O)C2C(=O)[C@H]([C@@H](C)O)N(C)C2=O)C1. The Hall–Kier alpha value is -1.49. The molecule has 1 aliphatic heterocycles. The number of amides is 1. The van der Waals surface area contributed by atoms with Crippen LogP contribution in [0, 0.1) is 35.0 Å². The second-order valence-electron chi connectivity index (χ2n) is 8.98. The summed E-state index contributed by atoms with van der Waals surface area (Å²) >= 11 is 0. The molecular weight excluding hydrogens is 330 g/mol. The molecule has 0 spiro atoms. The Balaban J connectivity index is 1.96. The maximum atomic E-state index is 13.6. The number of hydrogen-bond donors (Lipinski definition) is 1. The molecule has 5 nitrogen and oxygen atoms in total. The monoisotopic (exact) mass is 361 g/mol. The van der Waals surface area contributed by atoms with Gasteiger partial charge in [-0.05, 0) is 43.4 Å². The summed E-state index contributed by atoms with van der Waals surface area (Å²) in [6.45, 7) is 7.70. The molecule has 26 heavy (non-hydrogen) atoms. The largest absolute Gasteiger partial charge is 0.391 e. The first-order chi connectivity index (χ1) is 12.1. The molecule has 1 saturated carbocycles. The number of likely N-dealkylation sites (tertiary alicyclic amines) is 1. The van der Waals surface area contributed by atoms with E-state index in [1.54, 1.807) is 0 Å². The molecule has 1 amide bonds. The number of nitrogens with zero attached hydrogens (tertiary/aromatic N) is 1. The van der Waals surface area contributed by atoms with Gasteiger partial charge in [0, 0.05) is 12.5 Å². The maximum absolute atomic E-state index is 13.6. The van der Waals surface area contributed by atoms with Crippen LogP contribution in [0.5, 0.6) is 0 Å². The van der Waals surface area contributed by atoms with Crippen molar-refractivity contribution in [2.45, 2.75) is 59.1 Å². The molecule has 1 unspecified atom stereocenters. The normalized spacial score (nSPS) is 44.2. The highest BCUT2D eigenvalue weighted by Gasteiger charge is 2.59. The van der Waals surface area contributed by atoms with Crippen LogP contribution in [0.3, 0.4) is 0 Å². The number of carbonyl (C=O) groups excluding carboxylic acids is 3. The number of rotatable bonds is 3. The van der Waals surface area contributed by atoms with Gasteiger partial charge in [-0.2, -0.15) is 0 Å². The predicted octanol–water partition coefficient (Wildman–Crippen LogP) is 2.23. The molecule has 0 radical (unpaired) electrons. The minimum absolute atomic E-state index is 0.0128. The number of hydrogen-bond acceptors (Lipinski definition) is 4. The smallest absolute Gasteiger partial charge is 0.241 e. The molecule has 1 N–H and O–H groups in total. The van der Waals surface area contributed by atoms with Gasteiger partial charge in [0.1, 0.15) is 6.04 Å². The minimum Gasteiger partial charge on any atom is -0.391 e. The molecule has 0 aromatic rings. The fourth-order valence-corrected chi connectivity index (χ4v) is 5.57.